The number of furan rings is 1. The molecule has 148 valence electrons. The maximum Gasteiger partial charge on any atom is 0.416 e. The van der Waals surface area contributed by atoms with E-state index in [0.717, 1.165) is 44.0 Å². The zero-order valence-electron chi connectivity index (χ0n) is 15.2. The van der Waals surface area contributed by atoms with E-state index in [1.165, 1.54) is 18.7 Å². The van der Waals surface area contributed by atoms with Crippen LogP contribution in [0.1, 0.15) is 29.0 Å². The summed E-state index contributed by atoms with van der Waals surface area (Å²) >= 11 is 0. The number of carbonyl (C=O) groups excluding carboxylic acids is 1. The van der Waals surface area contributed by atoms with Crippen LogP contribution in [0, 0.1) is 17.8 Å². The Morgan fingerprint density at radius 3 is 2.50 bits per heavy atom. The monoisotopic (exact) mass is 390 g/mol. The van der Waals surface area contributed by atoms with Gasteiger partial charge >= 0.3 is 6.18 Å². The summed E-state index contributed by atoms with van der Waals surface area (Å²) in [6.07, 6.45) is -2.10. The Kier molecular flexibility index (Phi) is 4.05. The van der Waals surface area contributed by atoms with Crippen LogP contribution >= 0.6 is 0 Å². The number of benzene rings is 1. The standard InChI is InChI=1S/C21H21F3N2O2/c22-21(23,24)16-3-1-2-13(8-16)17-4-5-18(28-17)20(27)25-19-14-6-12-7-15(19)11-26(9-12)10-14/h1-5,8,12,14-15,19H,6-7,9-11H2,(H,25,27)/t12?,14-,15-,19?/m1/s1. The van der Waals surface area contributed by atoms with E-state index < -0.39 is 11.7 Å². The molecule has 0 radical (unpaired) electrons. The quantitative estimate of drug-likeness (QED) is 0.861. The van der Waals surface area contributed by atoms with Gasteiger partial charge < -0.3 is 14.6 Å². The summed E-state index contributed by atoms with van der Waals surface area (Å²) < 4.78 is 44.4. The first kappa shape index (κ1) is 17.8. The summed E-state index contributed by atoms with van der Waals surface area (Å²) in [6, 6.07) is 8.17. The lowest BCUT2D eigenvalue weighted by molar-refractivity contribution is -0.137. The molecular weight excluding hydrogens is 369 g/mol. The summed E-state index contributed by atoms with van der Waals surface area (Å²) in [5.41, 5.74) is -0.438. The van der Waals surface area contributed by atoms with Crippen LogP contribution < -0.4 is 5.32 Å². The van der Waals surface area contributed by atoms with E-state index in [1.807, 2.05) is 0 Å². The van der Waals surface area contributed by atoms with Gasteiger partial charge in [-0.15, -0.1) is 0 Å². The number of nitrogens with one attached hydrogen (secondary N) is 1. The van der Waals surface area contributed by atoms with Gasteiger partial charge in [0.2, 0.25) is 0 Å². The minimum atomic E-state index is -4.42. The van der Waals surface area contributed by atoms with Crippen LogP contribution in [0.5, 0.6) is 0 Å². The van der Waals surface area contributed by atoms with Crippen LogP contribution in [0.25, 0.3) is 11.3 Å². The molecule has 4 heterocycles. The van der Waals surface area contributed by atoms with Crippen LogP contribution in [0.3, 0.4) is 0 Å². The molecule has 2 atom stereocenters. The molecule has 4 aliphatic rings. The van der Waals surface area contributed by atoms with E-state index in [0.29, 0.717) is 17.4 Å². The first-order valence-corrected chi connectivity index (χ1v) is 9.67. The molecule has 3 aliphatic heterocycles. The molecule has 6 rings (SSSR count). The first-order valence-electron chi connectivity index (χ1n) is 9.67. The Bertz CT molecular complexity index is 877. The third-order valence-corrected chi connectivity index (χ3v) is 6.39. The minimum Gasteiger partial charge on any atom is -0.451 e. The fourth-order valence-electron chi connectivity index (χ4n) is 5.33. The van der Waals surface area contributed by atoms with Gasteiger partial charge in [-0.25, -0.2) is 0 Å². The van der Waals surface area contributed by atoms with Crippen molar-refractivity contribution < 1.29 is 22.4 Å². The van der Waals surface area contributed by atoms with Crippen molar-refractivity contribution in [3.63, 3.8) is 0 Å². The van der Waals surface area contributed by atoms with Gasteiger partial charge in [-0.05, 0) is 54.9 Å². The summed E-state index contributed by atoms with van der Waals surface area (Å²) in [5, 5.41) is 3.14. The highest BCUT2D eigenvalue weighted by atomic mass is 19.4. The van der Waals surface area contributed by atoms with Crippen molar-refractivity contribution in [1.82, 2.24) is 10.2 Å². The molecule has 1 saturated carbocycles. The zero-order chi connectivity index (χ0) is 19.5. The average molecular weight is 390 g/mol. The van der Waals surface area contributed by atoms with E-state index in [2.05, 4.69) is 10.2 Å². The molecule has 28 heavy (non-hydrogen) atoms. The predicted molar refractivity (Wildman–Crippen MR) is 96.5 cm³/mol. The second-order valence-corrected chi connectivity index (χ2v) is 8.32. The molecule has 1 amide bonds. The summed E-state index contributed by atoms with van der Waals surface area (Å²) in [7, 11) is 0. The largest absolute Gasteiger partial charge is 0.451 e. The number of rotatable bonds is 3. The molecule has 4 bridgehead atoms. The molecule has 1 aromatic carbocycles. The number of hydrogen-bond donors (Lipinski definition) is 1. The van der Waals surface area contributed by atoms with Gasteiger partial charge in [0.25, 0.3) is 5.91 Å². The van der Waals surface area contributed by atoms with Gasteiger partial charge in [0.1, 0.15) is 5.76 Å². The molecule has 1 aliphatic carbocycles. The lowest BCUT2D eigenvalue weighted by atomic mass is 9.65. The topological polar surface area (TPSA) is 45.5 Å². The Hall–Kier alpha value is -2.28. The lowest BCUT2D eigenvalue weighted by Crippen LogP contribution is -2.64. The number of alkyl halides is 3. The third-order valence-electron chi connectivity index (χ3n) is 6.39. The van der Waals surface area contributed by atoms with Crippen molar-refractivity contribution in [2.75, 3.05) is 19.6 Å². The molecule has 0 spiro atoms. The number of halogens is 3. The molecule has 4 nitrogen and oxygen atoms in total. The fraction of sp³-hybridized carbons (Fsp3) is 0.476. The number of carbonyl (C=O) groups is 1. The molecule has 2 aromatic rings. The van der Waals surface area contributed by atoms with Crippen LogP contribution in [-0.4, -0.2) is 36.5 Å². The van der Waals surface area contributed by atoms with E-state index in [4.69, 9.17) is 4.42 Å². The van der Waals surface area contributed by atoms with Crippen molar-refractivity contribution in [2.24, 2.45) is 17.8 Å². The molecule has 1 N–H and O–H groups in total. The van der Waals surface area contributed by atoms with Crippen molar-refractivity contribution in [3.05, 3.63) is 47.7 Å². The first-order chi connectivity index (χ1) is 13.4. The average Bonchev–Trinajstić information content (AvgIpc) is 3.14. The van der Waals surface area contributed by atoms with Gasteiger partial charge in [-0.2, -0.15) is 13.2 Å². The zero-order valence-corrected chi connectivity index (χ0v) is 15.2. The smallest absolute Gasteiger partial charge is 0.416 e. The minimum absolute atomic E-state index is 0.140. The fourth-order valence-corrected chi connectivity index (χ4v) is 5.33. The number of amides is 1. The Morgan fingerprint density at radius 1 is 1.07 bits per heavy atom. The molecule has 4 fully saturated rings. The van der Waals surface area contributed by atoms with E-state index >= 15 is 0 Å². The highest BCUT2D eigenvalue weighted by molar-refractivity contribution is 5.92. The maximum absolute atomic E-state index is 12.9. The third kappa shape index (κ3) is 3.11. The van der Waals surface area contributed by atoms with Gasteiger partial charge in [-0.3, -0.25) is 4.79 Å². The molecular formula is C21H21F3N2O2. The number of nitrogens with zero attached hydrogens (tertiary/aromatic N) is 1. The number of hydrogen-bond acceptors (Lipinski definition) is 3. The Labute approximate surface area is 160 Å². The lowest BCUT2D eigenvalue weighted by Gasteiger charge is -2.55. The summed E-state index contributed by atoms with van der Waals surface area (Å²) in [5.74, 6) is 1.82. The van der Waals surface area contributed by atoms with E-state index in [1.54, 1.807) is 12.1 Å². The molecule has 1 aromatic heterocycles. The maximum atomic E-state index is 12.9. The van der Waals surface area contributed by atoms with Gasteiger partial charge in [-0.1, -0.05) is 12.1 Å². The second kappa shape index (κ2) is 6.37. The second-order valence-electron chi connectivity index (χ2n) is 8.32. The predicted octanol–water partition coefficient (Wildman–Crippen LogP) is 4.04. The van der Waals surface area contributed by atoms with Gasteiger partial charge in [0.15, 0.2) is 5.76 Å². The van der Waals surface area contributed by atoms with E-state index in [9.17, 15) is 18.0 Å². The van der Waals surface area contributed by atoms with Crippen LogP contribution in [0.2, 0.25) is 0 Å². The summed E-state index contributed by atoms with van der Waals surface area (Å²) in [6.45, 7) is 3.25. The molecule has 3 saturated heterocycles. The van der Waals surface area contributed by atoms with Crippen molar-refractivity contribution >= 4 is 5.91 Å². The molecule has 0 unspecified atom stereocenters. The van der Waals surface area contributed by atoms with Gasteiger partial charge in [0.05, 0.1) is 5.56 Å². The SMILES string of the molecule is O=C(NC1[C@@H]2CC3C[C@@H]1CN(C3)C2)c1ccc(-c2cccc(C(F)(F)F)c2)o1. The van der Waals surface area contributed by atoms with Crippen LogP contribution in [0.15, 0.2) is 40.8 Å². The van der Waals surface area contributed by atoms with Crippen molar-refractivity contribution in [1.29, 1.82) is 0 Å². The van der Waals surface area contributed by atoms with Crippen molar-refractivity contribution in [3.8, 4) is 11.3 Å². The normalized spacial score (nSPS) is 31.2. The van der Waals surface area contributed by atoms with Gasteiger partial charge in [0, 0.05) is 31.2 Å². The van der Waals surface area contributed by atoms with Crippen LogP contribution in [-0.2, 0) is 6.18 Å². The molecule has 7 heteroatoms. The van der Waals surface area contributed by atoms with E-state index in [-0.39, 0.29) is 23.5 Å². The Balaban J connectivity index is 1.32. The highest BCUT2D eigenvalue weighted by Gasteiger charge is 2.48. The van der Waals surface area contributed by atoms with Crippen molar-refractivity contribution in [2.45, 2.75) is 25.1 Å². The Morgan fingerprint density at radius 2 is 1.82 bits per heavy atom. The number of piperidine rings is 3. The van der Waals surface area contributed by atoms with Crippen LogP contribution in [0.4, 0.5) is 13.2 Å². The summed E-state index contributed by atoms with van der Waals surface area (Å²) in [4.78, 5) is 15.2. The highest BCUT2D eigenvalue weighted by Crippen LogP contribution is 2.43.